The minimum Gasteiger partial charge on any atom is -0.497 e. The monoisotopic (exact) mass is 359 g/mol. The van der Waals surface area contributed by atoms with Crippen molar-refractivity contribution in [1.82, 2.24) is 14.5 Å². The first-order valence-corrected chi connectivity index (χ1v) is 8.51. The predicted octanol–water partition coefficient (Wildman–Crippen LogP) is 2.16. The van der Waals surface area contributed by atoms with Crippen LogP contribution >= 0.6 is 0 Å². The molecule has 1 atom stereocenters. The number of ether oxygens (including phenoxy) is 1. The molecule has 3 rings (SSSR count). The molecule has 2 aromatic rings. The largest absolute Gasteiger partial charge is 0.497 e. The quantitative estimate of drug-likeness (QED) is 0.832. The molecule has 1 aliphatic heterocycles. The van der Waals surface area contributed by atoms with Crippen LogP contribution in [0, 0.1) is 6.92 Å². The number of alkyl halides is 2. The van der Waals surface area contributed by atoms with E-state index in [2.05, 4.69) is 10.2 Å². The Morgan fingerprint density at radius 2 is 1.96 bits per heavy atom. The Bertz CT molecular complexity index is 836. The van der Waals surface area contributed by atoms with Crippen molar-refractivity contribution in [3.63, 3.8) is 0 Å². The van der Waals surface area contributed by atoms with E-state index < -0.39 is 35.0 Å². The van der Waals surface area contributed by atoms with Gasteiger partial charge in [0.05, 0.1) is 18.6 Å². The summed E-state index contributed by atoms with van der Waals surface area (Å²) in [4.78, 5) is -0.109. The normalized spacial score (nSPS) is 21.1. The van der Waals surface area contributed by atoms with Crippen molar-refractivity contribution in [3.8, 4) is 5.75 Å². The number of halogens is 2. The molecule has 10 heteroatoms. The molecule has 7 nitrogen and oxygen atoms in total. The van der Waals surface area contributed by atoms with Crippen LogP contribution < -0.4 is 4.74 Å². The highest BCUT2D eigenvalue weighted by atomic mass is 32.2. The maximum Gasteiger partial charge on any atom is 0.263 e. The number of methoxy groups -OCH3 is 1. The minimum atomic E-state index is -4.15. The van der Waals surface area contributed by atoms with Crippen molar-refractivity contribution < 1.29 is 26.4 Å². The molecule has 0 aliphatic carbocycles. The second-order valence-corrected chi connectivity index (χ2v) is 7.35. The van der Waals surface area contributed by atoms with Crippen molar-refractivity contribution >= 4 is 10.0 Å². The van der Waals surface area contributed by atoms with Crippen LogP contribution in [0.1, 0.15) is 24.2 Å². The summed E-state index contributed by atoms with van der Waals surface area (Å²) < 4.78 is 64.2. The van der Waals surface area contributed by atoms with Crippen LogP contribution in [-0.4, -0.2) is 42.5 Å². The van der Waals surface area contributed by atoms with Crippen LogP contribution in [0.25, 0.3) is 0 Å². The Morgan fingerprint density at radius 3 is 2.50 bits per heavy atom. The third kappa shape index (κ3) is 2.98. The Morgan fingerprint density at radius 1 is 1.29 bits per heavy atom. The van der Waals surface area contributed by atoms with Crippen LogP contribution in [0.3, 0.4) is 0 Å². The molecule has 1 aromatic heterocycles. The zero-order valence-corrected chi connectivity index (χ0v) is 13.8. The highest BCUT2D eigenvalue weighted by Gasteiger charge is 2.52. The zero-order valence-electron chi connectivity index (χ0n) is 12.9. The predicted molar refractivity (Wildman–Crippen MR) is 78.2 cm³/mol. The fraction of sp³-hybridized carbons (Fsp3) is 0.429. The molecule has 0 N–H and O–H groups in total. The molecule has 1 fully saturated rings. The molecule has 1 saturated heterocycles. The first-order valence-electron chi connectivity index (χ1n) is 7.07. The van der Waals surface area contributed by atoms with E-state index in [1.807, 2.05) is 0 Å². The lowest BCUT2D eigenvalue weighted by Crippen LogP contribution is -2.33. The average Bonchev–Trinajstić information content (AvgIpc) is 3.10. The summed E-state index contributed by atoms with van der Waals surface area (Å²) in [5.74, 6) is -2.67. The molecule has 0 bridgehead atoms. The second-order valence-electron chi connectivity index (χ2n) is 5.46. The molecule has 1 aromatic carbocycles. The summed E-state index contributed by atoms with van der Waals surface area (Å²) in [5, 5.41) is 7.29. The molecule has 0 unspecified atom stereocenters. The third-order valence-corrected chi connectivity index (χ3v) is 5.59. The van der Waals surface area contributed by atoms with Gasteiger partial charge in [0.25, 0.3) is 5.92 Å². The topological polar surface area (TPSA) is 85.5 Å². The van der Waals surface area contributed by atoms with Gasteiger partial charge in [-0.25, -0.2) is 17.2 Å². The summed E-state index contributed by atoms with van der Waals surface area (Å²) in [7, 11) is -2.71. The van der Waals surface area contributed by atoms with Gasteiger partial charge >= 0.3 is 0 Å². The van der Waals surface area contributed by atoms with Gasteiger partial charge in [-0.2, -0.15) is 4.31 Å². The SMILES string of the molecule is COc1ccc(S(=O)(=O)N2CC(F)(F)C[C@H]2c2nnc(C)o2)cc1. The number of hydrogen-bond donors (Lipinski definition) is 0. The summed E-state index contributed by atoms with van der Waals surface area (Å²) in [6, 6.07) is 4.31. The van der Waals surface area contributed by atoms with Crippen molar-refractivity contribution in [3.05, 3.63) is 36.0 Å². The van der Waals surface area contributed by atoms with Gasteiger partial charge in [0, 0.05) is 13.3 Å². The fourth-order valence-corrected chi connectivity index (χ4v) is 4.19. The standard InChI is InChI=1S/C14H15F2N3O4S/c1-9-17-18-13(23-9)12-7-14(15,16)8-19(12)24(20,21)11-5-3-10(22-2)4-6-11/h3-6,12H,7-8H2,1-2H3/t12-/m0/s1. The first kappa shape index (κ1) is 16.8. The average molecular weight is 359 g/mol. The van der Waals surface area contributed by atoms with E-state index in [1.165, 1.54) is 38.3 Å². The van der Waals surface area contributed by atoms with Gasteiger partial charge in [-0.1, -0.05) is 0 Å². The van der Waals surface area contributed by atoms with Crippen molar-refractivity contribution in [2.75, 3.05) is 13.7 Å². The van der Waals surface area contributed by atoms with Gasteiger partial charge in [0.15, 0.2) is 0 Å². The van der Waals surface area contributed by atoms with Crippen molar-refractivity contribution in [1.29, 1.82) is 0 Å². The minimum absolute atomic E-state index is 0.109. The summed E-state index contributed by atoms with van der Waals surface area (Å²) in [5.41, 5.74) is 0. The van der Waals surface area contributed by atoms with Crippen molar-refractivity contribution in [2.45, 2.75) is 30.2 Å². The Balaban J connectivity index is 2.00. The van der Waals surface area contributed by atoms with Crippen molar-refractivity contribution in [2.24, 2.45) is 0 Å². The number of benzene rings is 1. The molecule has 0 radical (unpaired) electrons. The van der Waals surface area contributed by atoms with Gasteiger partial charge in [0.2, 0.25) is 21.8 Å². The van der Waals surface area contributed by atoms with E-state index >= 15 is 0 Å². The first-order chi connectivity index (χ1) is 11.2. The lowest BCUT2D eigenvalue weighted by atomic mass is 10.2. The summed E-state index contributed by atoms with van der Waals surface area (Å²) >= 11 is 0. The zero-order chi connectivity index (χ0) is 17.5. The van der Waals surface area contributed by atoms with E-state index in [-0.39, 0.29) is 16.7 Å². The number of nitrogens with zero attached hydrogens (tertiary/aromatic N) is 3. The smallest absolute Gasteiger partial charge is 0.263 e. The molecule has 130 valence electrons. The van der Waals surface area contributed by atoms with Gasteiger partial charge in [-0.05, 0) is 24.3 Å². The van der Waals surface area contributed by atoms with Crippen LogP contribution in [-0.2, 0) is 10.0 Å². The molecule has 0 amide bonds. The summed E-state index contributed by atoms with van der Waals surface area (Å²) in [6.07, 6.45) is -0.704. The highest BCUT2D eigenvalue weighted by Crippen LogP contribution is 2.43. The lowest BCUT2D eigenvalue weighted by molar-refractivity contribution is 0.0166. The Labute approximate surface area is 137 Å². The number of sulfonamides is 1. The Hall–Kier alpha value is -2.07. The van der Waals surface area contributed by atoms with Gasteiger partial charge in [-0.3, -0.25) is 0 Å². The Kier molecular flexibility index (Phi) is 4.04. The van der Waals surface area contributed by atoms with E-state index in [4.69, 9.17) is 9.15 Å². The number of rotatable bonds is 4. The molecule has 0 saturated carbocycles. The maximum absolute atomic E-state index is 13.9. The van der Waals surface area contributed by atoms with Crippen LogP contribution in [0.4, 0.5) is 8.78 Å². The lowest BCUT2D eigenvalue weighted by Gasteiger charge is -2.21. The van der Waals surface area contributed by atoms with Gasteiger partial charge < -0.3 is 9.15 Å². The highest BCUT2D eigenvalue weighted by molar-refractivity contribution is 7.89. The summed E-state index contributed by atoms with van der Waals surface area (Å²) in [6.45, 7) is 0.569. The second kappa shape index (κ2) is 5.78. The molecular weight excluding hydrogens is 344 g/mol. The molecule has 2 heterocycles. The maximum atomic E-state index is 13.9. The number of hydrogen-bond acceptors (Lipinski definition) is 6. The van der Waals surface area contributed by atoms with Crippen LogP contribution in [0.2, 0.25) is 0 Å². The molecule has 1 aliphatic rings. The van der Waals surface area contributed by atoms with Gasteiger partial charge in [0.1, 0.15) is 11.8 Å². The number of aromatic nitrogens is 2. The molecule has 24 heavy (non-hydrogen) atoms. The third-order valence-electron chi connectivity index (χ3n) is 3.72. The van der Waals surface area contributed by atoms with E-state index in [1.54, 1.807) is 0 Å². The van der Waals surface area contributed by atoms with E-state index in [9.17, 15) is 17.2 Å². The molecule has 0 spiro atoms. The van der Waals surface area contributed by atoms with Crippen LogP contribution in [0.5, 0.6) is 5.75 Å². The molecular formula is C14H15F2N3O4S. The van der Waals surface area contributed by atoms with Gasteiger partial charge in [-0.15, -0.1) is 10.2 Å². The fourth-order valence-electron chi connectivity index (χ4n) is 2.58. The van der Waals surface area contributed by atoms with E-state index in [0.717, 1.165) is 0 Å². The number of aryl methyl sites for hydroxylation is 1. The van der Waals surface area contributed by atoms with E-state index in [0.29, 0.717) is 10.1 Å². The van der Waals surface area contributed by atoms with Crippen LogP contribution in [0.15, 0.2) is 33.6 Å².